The van der Waals surface area contributed by atoms with Crippen LogP contribution in [0.15, 0.2) is 0 Å². The van der Waals surface area contributed by atoms with Crippen LogP contribution in [0, 0.1) is 35.5 Å². The Morgan fingerprint density at radius 3 is 0.982 bits per heavy atom. The van der Waals surface area contributed by atoms with Crippen LogP contribution in [0.4, 0.5) is 9.59 Å². The van der Waals surface area contributed by atoms with Gasteiger partial charge >= 0.3 is 18.0 Å². The Bertz CT molecular complexity index is 1060. The van der Waals surface area contributed by atoms with Gasteiger partial charge in [-0.05, 0) is 145 Å². The van der Waals surface area contributed by atoms with Crippen LogP contribution in [0.5, 0.6) is 0 Å². The Morgan fingerprint density at radius 2 is 0.696 bits per heavy atom. The summed E-state index contributed by atoms with van der Waals surface area (Å²) < 4.78 is 0. The lowest BCUT2D eigenvalue weighted by atomic mass is 9.53. The fraction of sp³-hybridized carbons (Fsp3) is 0.915. The maximum absolute atomic E-state index is 12.4. The maximum atomic E-state index is 12.4. The van der Waals surface area contributed by atoms with Gasteiger partial charge in [-0.15, -0.1) is 0 Å². The highest BCUT2D eigenvalue weighted by Crippen LogP contribution is 2.56. The molecule has 9 nitrogen and oxygen atoms in total. The van der Waals surface area contributed by atoms with Gasteiger partial charge in [-0.1, -0.05) is 89.9 Å². The summed E-state index contributed by atoms with van der Waals surface area (Å²) in [5.74, 6) is 4.86. The Balaban J connectivity index is 0.000000214. The fourth-order valence-corrected chi connectivity index (χ4v) is 12.9. The van der Waals surface area contributed by atoms with Gasteiger partial charge in [0, 0.05) is 37.0 Å². The third-order valence-electron chi connectivity index (χ3n) is 14.7. The van der Waals surface area contributed by atoms with Crippen molar-refractivity contribution in [1.29, 1.82) is 0 Å². The number of amides is 4. The molecule has 0 spiro atoms. The van der Waals surface area contributed by atoms with Gasteiger partial charge in [0.2, 0.25) is 0 Å². The van der Waals surface area contributed by atoms with E-state index in [1.54, 1.807) is 6.92 Å². The SMILES string of the molecule is CC(=O)CCCCCCCCCCCNC(=O)NC12CC3CC(CC(C3)C1)C2.O=C(O)CCCCCCCCCCCNC(=O)NC12CC3CC(CC(C3)C1)C2. The van der Waals surface area contributed by atoms with Crippen molar-refractivity contribution in [3.8, 4) is 0 Å². The van der Waals surface area contributed by atoms with E-state index in [1.807, 2.05) is 0 Å². The third kappa shape index (κ3) is 15.8. The second kappa shape index (κ2) is 23.3. The van der Waals surface area contributed by atoms with Gasteiger partial charge in [-0.3, -0.25) is 4.79 Å². The minimum absolute atomic E-state index is 0.0586. The van der Waals surface area contributed by atoms with Crippen LogP contribution in [0.3, 0.4) is 0 Å². The summed E-state index contributed by atoms with van der Waals surface area (Å²) in [4.78, 5) is 46.1. The van der Waals surface area contributed by atoms with Gasteiger partial charge in [0.25, 0.3) is 0 Å². The average molecular weight is 783 g/mol. The molecular formula is C47H82N4O5. The first kappa shape index (κ1) is 44.8. The predicted molar refractivity (Wildman–Crippen MR) is 226 cm³/mol. The van der Waals surface area contributed by atoms with Crippen molar-refractivity contribution in [2.24, 2.45) is 35.5 Å². The van der Waals surface area contributed by atoms with E-state index in [0.717, 1.165) is 93.5 Å². The molecule has 0 aromatic heterocycles. The molecule has 8 aliphatic rings. The zero-order chi connectivity index (χ0) is 39.6. The fourth-order valence-electron chi connectivity index (χ4n) is 12.9. The first-order chi connectivity index (χ1) is 27.1. The van der Waals surface area contributed by atoms with E-state index in [4.69, 9.17) is 5.11 Å². The van der Waals surface area contributed by atoms with Crippen LogP contribution in [-0.4, -0.2) is 53.1 Å². The number of carboxylic acids is 1. The van der Waals surface area contributed by atoms with Gasteiger partial charge in [-0.2, -0.15) is 0 Å². The van der Waals surface area contributed by atoms with Gasteiger partial charge in [0.05, 0.1) is 0 Å². The number of aliphatic carboxylic acids is 1. The van der Waals surface area contributed by atoms with Gasteiger partial charge in [-0.25, -0.2) is 9.59 Å². The number of nitrogens with one attached hydrogen (secondary N) is 4. The van der Waals surface area contributed by atoms with Crippen molar-refractivity contribution >= 4 is 23.8 Å². The van der Waals surface area contributed by atoms with E-state index in [1.165, 1.54) is 154 Å². The van der Waals surface area contributed by atoms with Crippen molar-refractivity contribution in [1.82, 2.24) is 21.3 Å². The predicted octanol–water partition coefficient (Wildman–Crippen LogP) is 11.0. The zero-order valence-corrected chi connectivity index (χ0v) is 35.6. The molecule has 0 radical (unpaired) electrons. The lowest BCUT2D eigenvalue weighted by molar-refractivity contribution is -0.137. The van der Waals surface area contributed by atoms with Crippen molar-refractivity contribution in [3.63, 3.8) is 0 Å². The largest absolute Gasteiger partial charge is 0.481 e. The van der Waals surface area contributed by atoms with Crippen molar-refractivity contribution < 1.29 is 24.3 Å². The Kier molecular flexibility index (Phi) is 18.6. The highest BCUT2D eigenvalue weighted by molar-refractivity contribution is 5.75. The minimum Gasteiger partial charge on any atom is -0.481 e. The summed E-state index contributed by atoms with van der Waals surface area (Å²) in [6.07, 6.45) is 38.0. The van der Waals surface area contributed by atoms with E-state index < -0.39 is 5.97 Å². The number of carbonyl (C=O) groups excluding carboxylic acids is 3. The van der Waals surface area contributed by atoms with E-state index in [-0.39, 0.29) is 23.1 Å². The zero-order valence-electron chi connectivity index (χ0n) is 35.6. The maximum Gasteiger partial charge on any atom is 0.315 e. The molecule has 0 aliphatic heterocycles. The number of urea groups is 2. The molecular weight excluding hydrogens is 701 g/mol. The first-order valence-corrected chi connectivity index (χ1v) is 23.9. The van der Waals surface area contributed by atoms with E-state index in [0.29, 0.717) is 12.2 Å². The molecule has 8 rings (SSSR count). The highest BCUT2D eigenvalue weighted by Gasteiger charge is 2.52. The number of Topliss-reactive ketones (excluding diaryl/α,β-unsaturated/α-hetero) is 1. The molecule has 0 atom stereocenters. The Hall–Kier alpha value is -2.32. The lowest BCUT2D eigenvalue weighted by Gasteiger charge is -2.56. The molecule has 8 saturated carbocycles. The third-order valence-corrected chi connectivity index (χ3v) is 14.7. The number of carboxylic acid groups (broad SMARTS) is 1. The van der Waals surface area contributed by atoms with Crippen molar-refractivity contribution in [2.75, 3.05) is 13.1 Å². The molecule has 4 amide bonds. The lowest BCUT2D eigenvalue weighted by Crippen LogP contribution is -2.61. The second-order valence-corrected chi connectivity index (χ2v) is 20.1. The molecule has 0 heterocycles. The van der Waals surface area contributed by atoms with E-state index >= 15 is 0 Å². The molecule has 56 heavy (non-hydrogen) atoms. The number of carbonyl (C=O) groups is 4. The smallest absolute Gasteiger partial charge is 0.315 e. The number of ketones is 1. The first-order valence-electron chi connectivity index (χ1n) is 23.9. The van der Waals surface area contributed by atoms with Gasteiger partial charge in [0.1, 0.15) is 5.78 Å². The van der Waals surface area contributed by atoms with Gasteiger partial charge in [0.15, 0.2) is 0 Å². The molecule has 0 aromatic rings. The summed E-state index contributed by atoms with van der Waals surface area (Å²) >= 11 is 0. The van der Waals surface area contributed by atoms with Crippen molar-refractivity contribution in [2.45, 2.75) is 223 Å². The molecule has 9 heteroatoms. The van der Waals surface area contributed by atoms with E-state index in [9.17, 15) is 19.2 Å². The molecule has 0 unspecified atom stereocenters. The van der Waals surface area contributed by atoms with Crippen LogP contribution in [0.2, 0.25) is 0 Å². The Morgan fingerprint density at radius 1 is 0.429 bits per heavy atom. The van der Waals surface area contributed by atoms with Crippen LogP contribution < -0.4 is 21.3 Å². The van der Waals surface area contributed by atoms with E-state index in [2.05, 4.69) is 21.3 Å². The molecule has 0 aromatic carbocycles. The number of hydrogen-bond donors (Lipinski definition) is 5. The molecule has 320 valence electrons. The van der Waals surface area contributed by atoms with Crippen LogP contribution in [0.25, 0.3) is 0 Å². The normalized spacial score (nSPS) is 30.4. The summed E-state index contributed by atoms with van der Waals surface area (Å²) in [6, 6.07) is 0.135. The highest BCUT2D eigenvalue weighted by atomic mass is 16.4. The monoisotopic (exact) mass is 783 g/mol. The number of hydrogen-bond acceptors (Lipinski definition) is 4. The molecule has 8 fully saturated rings. The number of unbranched alkanes of at least 4 members (excludes halogenated alkanes) is 16. The molecule has 0 saturated heterocycles. The number of rotatable bonds is 26. The summed E-state index contributed by atoms with van der Waals surface area (Å²) in [6.45, 7) is 3.28. The molecule has 5 N–H and O–H groups in total. The van der Waals surface area contributed by atoms with Crippen LogP contribution in [0.1, 0.15) is 212 Å². The molecule has 8 bridgehead atoms. The summed E-state index contributed by atoms with van der Waals surface area (Å²) in [5, 5.41) is 21.6. The minimum atomic E-state index is -0.680. The quantitative estimate of drug-likeness (QED) is 0.0557. The van der Waals surface area contributed by atoms with Crippen molar-refractivity contribution in [3.05, 3.63) is 0 Å². The summed E-state index contributed by atoms with van der Waals surface area (Å²) in [5.41, 5.74) is 0.243. The topological polar surface area (TPSA) is 137 Å². The van der Waals surface area contributed by atoms with Crippen LogP contribution in [-0.2, 0) is 9.59 Å². The van der Waals surface area contributed by atoms with Crippen LogP contribution >= 0.6 is 0 Å². The Labute approximate surface area is 340 Å². The average Bonchev–Trinajstić information content (AvgIpc) is 3.11. The standard InChI is InChI=1S/C24H42N2O2.C23H40N2O3/c1-19(27)11-9-7-5-3-2-4-6-8-10-12-25-23(28)26-24-16-20-13-21(17-24)15-22(14-20)18-24;26-21(27)10-8-6-4-2-1-3-5-7-9-11-24-22(28)25-23-15-18-12-19(16-23)14-20(13-18)17-23/h20-22H,2-18H2,1H3,(H2,25,26,28);18-20H,1-17H2,(H,26,27)(H2,24,25,28). The second-order valence-electron chi connectivity index (χ2n) is 20.1. The molecule has 8 aliphatic carbocycles. The summed E-state index contributed by atoms with van der Waals surface area (Å²) in [7, 11) is 0. The van der Waals surface area contributed by atoms with Gasteiger partial charge < -0.3 is 31.2 Å².